The summed E-state index contributed by atoms with van der Waals surface area (Å²) >= 11 is 6.12. The summed E-state index contributed by atoms with van der Waals surface area (Å²) in [5.41, 5.74) is 11.5. The number of hydrogen-bond acceptors (Lipinski definition) is 5. The van der Waals surface area contributed by atoms with Crippen molar-refractivity contribution in [3.8, 4) is 5.69 Å². The molecule has 0 saturated carbocycles. The molecule has 1 unspecified atom stereocenters. The van der Waals surface area contributed by atoms with Crippen molar-refractivity contribution in [2.45, 2.75) is 12.5 Å². The van der Waals surface area contributed by atoms with E-state index in [1.54, 1.807) is 18.2 Å². The minimum atomic E-state index is -1.04. The van der Waals surface area contributed by atoms with E-state index in [0.29, 0.717) is 16.4 Å². The highest BCUT2D eigenvalue weighted by molar-refractivity contribution is 6.33. The molecule has 2 aromatic rings. The number of primary amides is 1. The van der Waals surface area contributed by atoms with Gasteiger partial charge >= 0.3 is 0 Å². The van der Waals surface area contributed by atoms with Crippen LogP contribution in [0.1, 0.15) is 6.42 Å². The van der Waals surface area contributed by atoms with Crippen LogP contribution in [-0.4, -0.2) is 32.6 Å². The number of anilines is 1. The van der Waals surface area contributed by atoms with Gasteiger partial charge < -0.3 is 16.8 Å². The number of benzene rings is 1. The van der Waals surface area contributed by atoms with Crippen LogP contribution in [0.15, 0.2) is 30.9 Å². The van der Waals surface area contributed by atoms with Crippen LogP contribution in [-0.2, 0) is 9.59 Å². The fourth-order valence-corrected chi connectivity index (χ4v) is 1.97. The number of rotatable bonds is 5. The molecule has 1 aromatic heterocycles. The number of hydrogen-bond donors (Lipinski definition) is 3. The van der Waals surface area contributed by atoms with Gasteiger partial charge in [-0.3, -0.25) is 9.59 Å². The van der Waals surface area contributed by atoms with Crippen LogP contribution in [0.4, 0.5) is 5.69 Å². The highest BCUT2D eigenvalue weighted by atomic mass is 35.5. The molecule has 0 radical (unpaired) electrons. The van der Waals surface area contributed by atoms with E-state index in [4.69, 9.17) is 23.1 Å². The molecule has 0 bridgehead atoms. The summed E-state index contributed by atoms with van der Waals surface area (Å²) < 4.78 is 1.41. The van der Waals surface area contributed by atoms with Gasteiger partial charge in [0.2, 0.25) is 11.8 Å². The van der Waals surface area contributed by atoms with E-state index in [0.717, 1.165) is 0 Å². The number of carbonyl (C=O) groups excluding carboxylic acids is 2. The zero-order chi connectivity index (χ0) is 15.4. The second-order valence-electron chi connectivity index (χ2n) is 4.24. The second kappa shape index (κ2) is 6.33. The Hall–Kier alpha value is -2.45. The standard InChI is InChI=1S/C12H13ClN6O2/c13-7-2-1-3-9(11(7)19-6-16-5-17-19)18-12(21)8(14)4-10(15)20/h1-3,5-6,8H,4,14H2,(H2,15,20)(H,18,21). The molecule has 8 nitrogen and oxygen atoms in total. The van der Waals surface area contributed by atoms with Gasteiger partial charge in [0, 0.05) is 0 Å². The molecule has 0 saturated heterocycles. The number of amides is 2. The number of nitrogens with one attached hydrogen (secondary N) is 1. The quantitative estimate of drug-likeness (QED) is 0.719. The minimum Gasteiger partial charge on any atom is -0.370 e. The van der Waals surface area contributed by atoms with Gasteiger partial charge in [-0.25, -0.2) is 9.67 Å². The highest BCUT2D eigenvalue weighted by Gasteiger charge is 2.19. The van der Waals surface area contributed by atoms with E-state index in [1.165, 1.54) is 17.3 Å². The third kappa shape index (κ3) is 3.56. The molecular weight excluding hydrogens is 296 g/mol. The van der Waals surface area contributed by atoms with Gasteiger partial charge in [0.15, 0.2) is 0 Å². The number of nitrogens with two attached hydrogens (primary N) is 2. The van der Waals surface area contributed by atoms with E-state index < -0.39 is 17.9 Å². The number of halogens is 1. The van der Waals surface area contributed by atoms with E-state index in [1.807, 2.05) is 0 Å². The third-order valence-corrected chi connectivity index (χ3v) is 2.96. The fourth-order valence-electron chi connectivity index (χ4n) is 1.71. The summed E-state index contributed by atoms with van der Waals surface area (Å²) in [6.07, 6.45) is 2.54. The zero-order valence-electron chi connectivity index (χ0n) is 10.9. The van der Waals surface area contributed by atoms with Crippen LogP contribution in [0.3, 0.4) is 0 Å². The minimum absolute atomic E-state index is 0.245. The molecule has 1 atom stereocenters. The maximum absolute atomic E-state index is 11.9. The molecule has 0 aliphatic carbocycles. The van der Waals surface area contributed by atoms with Gasteiger partial charge in [0.25, 0.3) is 0 Å². The molecular formula is C12H13ClN6O2. The van der Waals surface area contributed by atoms with Crippen molar-refractivity contribution in [2.75, 3.05) is 5.32 Å². The summed E-state index contributed by atoms with van der Waals surface area (Å²) in [4.78, 5) is 26.6. The first kappa shape index (κ1) is 14.9. The molecule has 5 N–H and O–H groups in total. The second-order valence-corrected chi connectivity index (χ2v) is 4.65. The summed E-state index contributed by atoms with van der Waals surface area (Å²) in [5.74, 6) is -1.20. The molecule has 2 rings (SSSR count). The van der Waals surface area contributed by atoms with E-state index in [-0.39, 0.29) is 6.42 Å². The smallest absolute Gasteiger partial charge is 0.241 e. The van der Waals surface area contributed by atoms with Crippen LogP contribution in [0, 0.1) is 0 Å². The number of aromatic nitrogens is 3. The topological polar surface area (TPSA) is 129 Å². The maximum atomic E-state index is 11.9. The lowest BCUT2D eigenvalue weighted by Gasteiger charge is -2.14. The van der Waals surface area contributed by atoms with Gasteiger partial charge in [0.1, 0.15) is 18.3 Å². The van der Waals surface area contributed by atoms with Crippen LogP contribution in [0.5, 0.6) is 0 Å². The van der Waals surface area contributed by atoms with Gasteiger partial charge in [0.05, 0.1) is 23.2 Å². The normalized spacial score (nSPS) is 11.9. The third-order valence-electron chi connectivity index (χ3n) is 2.65. The largest absolute Gasteiger partial charge is 0.370 e. The Morgan fingerprint density at radius 3 is 2.81 bits per heavy atom. The van der Waals surface area contributed by atoms with Crippen molar-refractivity contribution >= 4 is 29.1 Å². The van der Waals surface area contributed by atoms with E-state index in [2.05, 4.69) is 15.4 Å². The van der Waals surface area contributed by atoms with Crippen molar-refractivity contribution in [3.63, 3.8) is 0 Å². The molecule has 21 heavy (non-hydrogen) atoms. The lowest BCUT2D eigenvalue weighted by Crippen LogP contribution is -2.39. The van der Waals surface area contributed by atoms with Crippen LogP contribution >= 0.6 is 11.6 Å². The zero-order valence-corrected chi connectivity index (χ0v) is 11.6. The van der Waals surface area contributed by atoms with Gasteiger partial charge in [-0.05, 0) is 12.1 Å². The first-order valence-electron chi connectivity index (χ1n) is 5.97. The average molecular weight is 309 g/mol. The van der Waals surface area contributed by atoms with Gasteiger partial charge in [-0.1, -0.05) is 17.7 Å². The first-order chi connectivity index (χ1) is 9.99. The Morgan fingerprint density at radius 1 is 1.43 bits per heavy atom. The molecule has 0 spiro atoms. The van der Waals surface area contributed by atoms with Crippen molar-refractivity contribution in [2.24, 2.45) is 11.5 Å². The van der Waals surface area contributed by atoms with E-state index in [9.17, 15) is 9.59 Å². The summed E-state index contributed by atoms with van der Waals surface area (Å²) in [6, 6.07) is 3.91. The summed E-state index contributed by atoms with van der Waals surface area (Å²) in [5, 5.41) is 6.95. The van der Waals surface area contributed by atoms with Crippen molar-refractivity contribution in [1.29, 1.82) is 0 Å². The molecule has 0 aliphatic rings. The average Bonchev–Trinajstić information content (AvgIpc) is 2.91. The van der Waals surface area contributed by atoms with Crippen LogP contribution in [0.2, 0.25) is 5.02 Å². The number of para-hydroxylation sites is 1. The lowest BCUT2D eigenvalue weighted by atomic mass is 10.2. The Balaban J connectivity index is 2.27. The Labute approximate surface area is 125 Å². The molecule has 0 fully saturated rings. The van der Waals surface area contributed by atoms with Gasteiger partial charge in [-0.15, -0.1) is 0 Å². The molecule has 1 heterocycles. The molecule has 0 aliphatic heterocycles. The summed E-state index contributed by atoms with van der Waals surface area (Å²) in [6.45, 7) is 0. The Kier molecular flexibility index (Phi) is 4.51. The maximum Gasteiger partial charge on any atom is 0.241 e. The van der Waals surface area contributed by atoms with Crippen molar-refractivity contribution < 1.29 is 9.59 Å². The summed E-state index contributed by atoms with van der Waals surface area (Å²) in [7, 11) is 0. The Bertz CT molecular complexity index is 658. The number of carbonyl (C=O) groups is 2. The van der Waals surface area contributed by atoms with Crippen molar-refractivity contribution in [1.82, 2.24) is 14.8 Å². The van der Waals surface area contributed by atoms with Crippen LogP contribution in [0.25, 0.3) is 5.69 Å². The van der Waals surface area contributed by atoms with Crippen LogP contribution < -0.4 is 16.8 Å². The van der Waals surface area contributed by atoms with E-state index >= 15 is 0 Å². The predicted molar refractivity (Wildman–Crippen MR) is 76.8 cm³/mol. The fraction of sp³-hybridized carbons (Fsp3) is 0.167. The lowest BCUT2D eigenvalue weighted by molar-refractivity contribution is -0.123. The van der Waals surface area contributed by atoms with Gasteiger partial charge in [-0.2, -0.15) is 5.10 Å². The van der Waals surface area contributed by atoms with Crippen molar-refractivity contribution in [3.05, 3.63) is 35.9 Å². The molecule has 9 heteroatoms. The number of nitrogens with zero attached hydrogens (tertiary/aromatic N) is 3. The highest BCUT2D eigenvalue weighted by Crippen LogP contribution is 2.27. The molecule has 110 valence electrons. The SMILES string of the molecule is NC(=O)CC(N)C(=O)Nc1cccc(Cl)c1-n1cncn1. The monoisotopic (exact) mass is 308 g/mol. The molecule has 1 aromatic carbocycles. The first-order valence-corrected chi connectivity index (χ1v) is 6.35. The predicted octanol–water partition coefficient (Wildman–Crippen LogP) is 0.0619. The molecule has 2 amide bonds. The Morgan fingerprint density at radius 2 is 2.19 bits per heavy atom.